The van der Waals surface area contributed by atoms with Gasteiger partial charge in [0.05, 0.1) is 0 Å². The number of phenols is 1. The lowest BCUT2D eigenvalue weighted by molar-refractivity contribution is 0.0991. The minimum atomic E-state index is -0.424. The van der Waals surface area contributed by atoms with Crippen molar-refractivity contribution in [3.05, 3.63) is 58.0 Å². The quantitative estimate of drug-likeness (QED) is 0.860. The molecule has 0 aliphatic heterocycles. The van der Waals surface area contributed by atoms with Gasteiger partial charge in [-0.2, -0.15) is 0 Å². The van der Waals surface area contributed by atoms with Crippen LogP contribution in [-0.4, -0.2) is 23.0 Å². The fourth-order valence-corrected chi connectivity index (χ4v) is 1.74. The van der Waals surface area contributed by atoms with Crippen LogP contribution < -0.4 is 10.5 Å². The van der Waals surface area contributed by atoms with Gasteiger partial charge in [-0.05, 0) is 31.2 Å². The highest BCUT2D eigenvalue weighted by Gasteiger charge is 2.16. The number of rotatable bonds is 2. The largest absolute Gasteiger partial charge is 0.508 e. The van der Waals surface area contributed by atoms with Crippen molar-refractivity contribution < 1.29 is 9.90 Å². The van der Waals surface area contributed by atoms with E-state index < -0.39 is 11.5 Å². The van der Waals surface area contributed by atoms with Gasteiger partial charge in [0, 0.05) is 24.5 Å². The van der Waals surface area contributed by atoms with Gasteiger partial charge in [-0.3, -0.25) is 9.59 Å². The molecular weight excluding hydrogens is 244 g/mol. The van der Waals surface area contributed by atoms with Crippen LogP contribution in [0.2, 0.25) is 0 Å². The van der Waals surface area contributed by atoms with E-state index >= 15 is 0 Å². The van der Waals surface area contributed by atoms with Gasteiger partial charge in [-0.25, -0.2) is 0 Å². The summed E-state index contributed by atoms with van der Waals surface area (Å²) >= 11 is 0. The number of aromatic amines is 1. The number of H-pyrrole nitrogens is 1. The monoisotopic (exact) mass is 258 g/mol. The summed E-state index contributed by atoms with van der Waals surface area (Å²) in [5.41, 5.74) is 0.861. The third-order valence-electron chi connectivity index (χ3n) is 2.81. The lowest BCUT2D eigenvalue weighted by Crippen LogP contribution is -2.31. The number of carbonyl (C=O) groups excluding carboxylic acids is 1. The second kappa shape index (κ2) is 4.97. The van der Waals surface area contributed by atoms with Crippen molar-refractivity contribution in [3.63, 3.8) is 0 Å². The summed E-state index contributed by atoms with van der Waals surface area (Å²) in [5.74, 6) is -0.359. The molecule has 0 radical (unpaired) electrons. The fraction of sp³-hybridized carbons (Fsp3) is 0.143. The second-order valence-electron chi connectivity index (χ2n) is 4.27. The molecule has 0 saturated heterocycles. The van der Waals surface area contributed by atoms with Gasteiger partial charge >= 0.3 is 0 Å². The van der Waals surface area contributed by atoms with Crippen LogP contribution >= 0.6 is 0 Å². The van der Waals surface area contributed by atoms with Gasteiger partial charge in [0.15, 0.2) is 0 Å². The maximum absolute atomic E-state index is 12.2. The van der Waals surface area contributed by atoms with E-state index in [1.807, 2.05) is 0 Å². The topological polar surface area (TPSA) is 73.4 Å². The van der Waals surface area contributed by atoms with Crippen LogP contribution in [0.3, 0.4) is 0 Å². The molecule has 0 unspecified atom stereocenters. The number of carbonyl (C=O) groups is 1. The fourth-order valence-electron chi connectivity index (χ4n) is 1.74. The van der Waals surface area contributed by atoms with E-state index in [1.165, 1.54) is 23.1 Å². The first-order valence-corrected chi connectivity index (χ1v) is 5.76. The highest BCUT2D eigenvalue weighted by Crippen LogP contribution is 2.19. The van der Waals surface area contributed by atoms with Crippen molar-refractivity contribution in [3.8, 4) is 5.75 Å². The number of benzene rings is 1. The predicted molar refractivity (Wildman–Crippen MR) is 72.6 cm³/mol. The first-order valence-electron chi connectivity index (χ1n) is 5.76. The van der Waals surface area contributed by atoms with E-state index in [-0.39, 0.29) is 11.3 Å². The molecule has 0 spiro atoms. The number of amides is 1. The summed E-state index contributed by atoms with van der Waals surface area (Å²) in [6.07, 6.45) is 0. The lowest BCUT2D eigenvalue weighted by atomic mass is 10.2. The van der Waals surface area contributed by atoms with Crippen LogP contribution in [-0.2, 0) is 0 Å². The van der Waals surface area contributed by atoms with E-state index in [1.54, 1.807) is 32.2 Å². The molecule has 0 saturated carbocycles. The molecule has 1 aromatic heterocycles. The number of phenolic OH excluding ortho intramolecular Hbond substituents is 1. The van der Waals surface area contributed by atoms with Crippen LogP contribution in [0.4, 0.5) is 5.69 Å². The average molecular weight is 258 g/mol. The average Bonchev–Trinajstić information content (AvgIpc) is 2.37. The number of pyridine rings is 1. The molecule has 0 aliphatic carbocycles. The van der Waals surface area contributed by atoms with Gasteiger partial charge in [0.1, 0.15) is 11.3 Å². The second-order valence-corrected chi connectivity index (χ2v) is 4.27. The minimum absolute atomic E-state index is 0.0648. The van der Waals surface area contributed by atoms with E-state index in [0.29, 0.717) is 11.4 Å². The zero-order valence-corrected chi connectivity index (χ0v) is 10.7. The molecule has 0 fully saturated rings. The number of nitrogens with one attached hydrogen (secondary N) is 1. The van der Waals surface area contributed by atoms with Gasteiger partial charge < -0.3 is 15.0 Å². The Morgan fingerprint density at radius 2 is 2.00 bits per heavy atom. The van der Waals surface area contributed by atoms with Crippen LogP contribution in [0, 0.1) is 6.92 Å². The Balaban J connectivity index is 2.36. The first-order chi connectivity index (χ1) is 8.99. The van der Waals surface area contributed by atoms with Gasteiger partial charge in [-0.1, -0.05) is 6.07 Å². The smallest absolute Gasteiger partial charge is 0.263 e. The Morgan fingerprint density at radius 1 is 1.26 bits per heavy atom. The molecule has 2 N–H and O–H groups in total. The first kappa shape index (κ1) is 12.9. The standard InChI is InChI=1S/C14H14N2O3/c1-9-6-7-12(13(18)15-9)14(19)16(2)10-4-3-5-11(17)8-10/h3-8,17H,1-2H3,(H,15,18). The molecule has 5 nitrogen and oxygen atoms in total. The molecule has 2 aromatic rings. The summed E-state index contributed by atoms with van der Waals surface area (Å²) in [6.45, 7) is 1.74. The number of hydrogen-bond donors (Lipinski definition) is 2. The van der Waals surface area contributed by atoms with Gasteiger partial charge in [-0.15, -0.1) is 0 Å². The number of aromatic nitrogens is 1. The van der Waals surface area contributed by atoms with Crippen molar-refractivity contribution in [2.24, 2.45) is 0 Å². The molecule has 5 heteroatoms. The molecule has 0 atom stereocenters. The van der Waals surface area contributed by atoms with E-state index in [9.17, 15) is 14.7 Å². The summed E-state index contributed by atoms with van der Waals surface area (Å²) in [6, 6.07) is 9.45. The molecule has 98 valence electrons. The van der Waals surface area contributed by atoms with Crippen LogP contribution in [0.15, 0.2) is 41.2 Å². The number of nitrogens with zero attached hydrogens (tertiary/aromatic N) is 1. The molecule has 1 heterocycles. The SMILES string of the molecule is Cc1ccc(C(=O)N(C)c2cccc(O)c2)c(=O)[nH]1. The number of aromatic hydroxyl groups is 1. The number of hydrogen-bond acceptors (Lipinski definition) is 3. The predicted octanol–water partition coefficient (Wildman–Crippen LogP) is 1.67. The number of aryl methyl sites for hydroxylation is 1. The van der Waals surface area contributed by atoms with Crippen LogP contribution in [0.5, 0.6) is 5.75 Å². The minimum Gasteiger partial charge on any atom is -0.508 e. The molecule has 19 heavy (non-hydrogen) atoms. The Hall–Kier alpha value is -2.56. The Bertz CT molecular complexity index is 676. The summed E-state index contributed by atoms with van der Waals surface area (Å²) in [5, 5.41) is 9.40. The van der Waals surface area contributed by atoms with E-state index in [2.05, 4.69) is 4.98 Å². The molecule has 0 aliphatic rings. The lowest BCUT2D eigenvalue weighted by Gasteiger charge is -2.17. The molecule has 0 bridgehead atoms. The number of anilines is 1. The maximum atomic E-state index is 12.2. The normalized spacial score (nSPS) is 10.2. The zero-order valence-electron chi connectivity index (χ0n) is 10.7. The van der Waals surface area contributed by atoms with Crippen LogP contribution in [0.1, 0.15) is 16.1 Å². The third kappa shape index (κ3) is 2.65. The highest BCUT2D eigenvalue weighted by molar-refractivity contribution is 6.05. The van der Waals surface area contributed by atoms with Crippen molar-refractivity contribution >= 4 is 11.6 Å². The molecule has 2 rings (SSSR count). The summed E-state index contributed by atoms with van der Waals surface area (Å²) in [7, 11) is 1.55. The van der Waals surface area contributed by atoms with E-state index in [4.69, 9.17) is 0 Å². The molecule has 1 aromatic carbocycles. The van der Waals surface area contributed by atoms with Crippen molar-refractivity contribution in [2.75, 3.05) is 11.9 Å². The Morgan fingerprint density at radius 3 is 2.63 bits per heavy atom. The van der Waals surface area contributed by atoms with E-state index in [0.717, 1.165) is 0 Å². The van der Waals surface area contributed by atoms with Crippen molar-refractivity contribution in [1.29, 1.82) is 0 Å². The summed E-state index contributed by atoms with van der Waals surface area (Å²) < 4.78 is 0. The van der Waals surface area contributed by atoms with Crippen LogP contribution in [0.25, 0.3) is 0 Å². The Kier molecular flexibility index (Phi) is 3.37. The van der Waals surface area contributed by atoms with Gasteiger partial charge in [0.25, 0.3) is 11.5 Å². The zero-order chi connectivity index (χ0) is 14.0. The summed E-state index contributed by atoms with van der Waals surface area (Å²) in [4.78, 5) is 27.8. The van der Waals surface area contributed by atoms with Gasteiger partial charge in [0.2, 0.25) is 0 Å². The molecular formula is C14H14N2O3. The third-order valence-corrected chi connectivity index (χ3v) is 2.81. The molecule has 1 amide bonds. The maximum Gasteiger partial charge on any atom is 0.263 e. The highest BCUT2D eigenvalue weighted by atomic mass is 16.3. The van der Waals surface area contributed by atoms with Crippen molar-refractivity contribution in [2.45, 2.75) is 6.92 Å². The Labute approximate surface area is 110 Å². The van der Waals surface area contributed by atoms with Crippen molar-refractivity contribution in [1.82, 2.24) is 4.98 Å².